The molecule has 0 bridgehead atoms. The van der Waals surface area contributed by atoms with E-state index in [0.29, 0.717) is 19.9 Å². The first-order valence-corrected chi connectivity index (χ1v) is 8.14. The number of ether oxygens (including phenoxy) is 2. The molecule has 2 aromatic rings. The van der Waals surface area contributed by atoms with Crippen LogP contribution in [0.1, 0.15) is 18.5 Å². The second-order valence-corrected chi connectivity index (χ2v) is 6.30. The number of aryl methyl sites for hydroxylation is 1. The molecule has 2 saturated heterocycles. The SMILES string of the molecule is Cc1nn(CN2CCC3(CC2)OCCO3)c(=O)c2ccccc12. The van der Waals surface area contributed by atoms with E-state index in [2.05, 4.69) is 10.00 Å². The van der Waals surface area contributed by atoms with Crippen LogP contribution < -0.4 is 5.56 Å². The number of likely N-dealkylation sites (tertiary alicyclic amines) is 1. The molecule has 1 aromatic heterocycles. The van der Waals surface area contributed by atoms with Crippen LogP contribution in [0.5, 0.6) is 0 Å². The van der Waals surface area contributed by atoms with E-state index in [4.69, 9.17) is 9.47 Å². The fraction of sp³-hybridized carbons (Fsp3) is 0.529. The highest BCUT2D eigenvalue weighted by atomic mass is 16.7. The van der Waals surface area contributed by atoms with Gasteiger partial charge in [0.2, 0.25) is 0 Å². The van der Waals surface area contributed by atoms with Crippen LogP contribution in [0.15, 0.2) is 29.1 Å². The number of hydrogen-bond acceptors (Lipinski definition) is 5. The zero-order chi connectivity index (χ0) is 15.9. The van der Waals surface area contributed by atoms with E-state index in [1.165, 1.54) is 0 Å². The summed E-state index contributed by atoms with van der Waals surface area (Å²) in [5, 5.41) is 6.15. The van der Waals surface area contributed by atoms with Crippen molar-refractivity contribution in [2.75, 3.05) is 26.3 Å². The van der Waals surface area contributed by atoms with Gasteiger partial charge in [-0.3, -0.25) is 9.69 Å². The number of hydrogen-bond donors (Lipinski definition) is 0. The lowest BCUT2D eigenvalue weighted by Gasteiger charge is -2.37. The Balaban J connectivity index is 1.54. The Hall–Kier alpha value is -1.76. The summed E-state index contributed by atoms with van der Waals surface area (Å²) in [6.45, 7) is 5.53. The minimum absolute atomic E-state index is 0.0279. The van der Waals surface area contributed by atoms with Crippen molar-refractivity contribution >= 4 is 10.8 Å². The Kier molecular flexibility index (Phi) is 3.67. The van der Waals surface area contributed by atoms with Gasteiger partial charge in [-0.2, -0.15) is 5.10 Å². The number of aromatic nitrogens is 2. The molecular weight excluding hydrogens is 294 g/mol. The number of benzene rings is 1. The lowest BCUT2D eigenvalue weighted by atomic mass is 10.0. The molecule has 6 nitrogen and oxygen atoms in total. The monoisotopic (exact) mass is 315 g/mol. The molecule has 3 heterocycles. The van der Waals surface area contributed by atoms with Gasteiger partial charge in [-0.1, -0.05) is 18.2 Å². The molecule has 1 spiro atoms. The molecule has 0 N–H and O–H groups in total. The Morgan fingerprint density at radius 1 is 1.13 bits per heavy atom. The highest BCUT2D eigenvalue weighted by Crippen LogP contribution is 2.31. The normalized spacial score (nSPS) is 21.3. The molecule has 0 saturated carbocycles. The van der Waals surface area contributed by atoms with Gasteiger partial charge in [-0.25, -0.2) is 4.68 Å². The number of rotatable bonds is 2. The van der Waals surface area contributed by atoms with Gasteiger partial charge in [-0.05, 0) is 13.0 Å². The summed E-state index contributed by atoms with van der Waals surface area (Å²) in [7, 11) is 0. The molecule has 0 amide bonds. The van der Waals surface area contributed by atoms with Crippen LogP contribution in [0, 0.1) is 6.92 Å². The largest absolute Gasteiger partial charge is 0.347 e. The van der Waals surface area contributed by atoms with Crippen LogP contribution in [0.25, 0.3) is 10.8 Å². The average molecular weight is 315 g/mol. The lowest BCUT2D eigenvalue weighted by molar-refractivity contribution is -0.187. The van der Waals surface area contributed by atoms with E-state index in [1.807, 2.05) is 31.2 Å². The topological polar surface area (TPSA) is 56.6 Å². The second kappa shape index (κ2) is 5.70. The summed E-state index contributed by atoms with van der Waals surface area (Å²) >= 11 is 0. The van der Waals surface area contributed by atoms with Crippen LogP contribution in [0.3, 0.4) is 0 Å². The van der Waals surface area contributed by atoms with Crippen LogP contribution in [0.2, 0.25) is 0 Å². The van der Waals surface area contributed by atoms with Crippen molar-refractivity contribution < 1.29 is 9.47 Å². The molecule has 0 unspecified atom stereocenters. The van der Waals surface area contributed by atoms with E-state index >= 15 is 0 Å². The fourth-order valence-corrected chi connectivity index (χ4v) is 3.51. The summed E-state index contributed by atoms with van der Waals surface area (Å²) in [5.74, 6) is -0.381. The number of piperidine rings is 1. The maximum absolute atomic E-state index is 12.6. The first-order valence-electron chi connectivity index (χ1n) is 8.14. The predicted octanol–water partition coefficient (Wildman–Crippen LogP) is 1.50. The van der Waals surface area contributed by atoms with Gasteiger partial charge in [0, 0.05) is 31.3 Å². The van der Waals surface area contributed by atoms with E-state index in [1.54, 1.807) is 4.68 Å². The standard InChI is InChI=1S/C17H21N3O3/c1-13-14-4-2-3-5-15(14)16(21)20(18-13)12-19-8-6-17(7-9-19)22-10-11-23-17/h2-5H,6-12H2,1H3. The van der Waals surface area contributed by atoms with Gasteiger partial charge < -0.3 is 9.47 Å². The van der Waals surface area contributed by atoms with Gasteiger partial charge >= 0.3 is 0 Å². The first kappa shape index (κ1) is 14.8. The van der Waals surface area contributed by atoms with Crippen molar-refractivity contribution in [2.45, 2.75) is 32.2 Å². The van der Waals surface area contributed by atoms with E-state index in [9.17, 15) is 4.79 Å². The zero-order valence-electron chi connectivity index (χ0n) is 13.3. The van der Waals surface area contributed by atoms with Gasteiger partial charge in [0.15, 0.2) is 5.79 Å². The summed E-state index contributed by atoms with van der Waals surface area (Å²) in [6, 6.07) is 7.65. The van der Waals surface area contributed by atoms with Crippen LogP contribution >= 0.6 is 0 Å². The second-order valence-electron chi connectivity index (χ2n) is 6.30. The van der Waals surface area contributed by atoms with Gasteiger partial charge in [0.25, 0.3) is 5.56 Å². The van der Waals surface area contributed by atoms with E-state index in [-0.39, 0.29) is 11.3 Å². The molecule has 122 valence electrons. The molecule has 4 rings (SSSR count). The molecule has 0 atom stereocenters. The molecule has 2 aliphatic heterocycles. The van der Waals surface area contributed by atoms with Crippen molar-refractivity contribution in [3.8, 4) is 0 Å². The highest BCUT2D eigenvalue weighted by molar-refractivity contribution is 5.83. The molecule has 0 radical (unpaired) electrons. The maximum Gasteiger partial charge on any atom is 0.275 e. The van der Waals surface area contributed by atoms with Crippen molar-refractivity contribution in [2.24, 2.45) is 0 Å². The highest BCUT2D eigenvalue weighted by Gasteiger charge is 2.39. The van der Waals surface area contributed by atoms with Crippen LogP contribution in [-0.4, -0.2) is 46.8 Å². The molecular formula is C17H21N3O3. The molecule has 2 fully saturated rings. The van der Waals surface area contributed by atoms with E-state index < -0.39 is 0 Å². The summed E-state index contributed by atoms with van der Waals surface area (Å²) in [4.78, 5) is 14.9. The summed E-state index contributed by atoms with van der Waals surface area (Å²) < 4.78 is 13.1. The fourth-order valence-electron chi connectivity index (χ4n) is 3.51. The Bertz CT molecular complexity index is 770. The van der Waals surface area contributed by atoms with Gasteiger partial charge in [0.1, 0.15) is 0 Å². The predicted molar refractivity (Wildman–Crippen MR) is 86.2 cm³/mol. The summed E-state index contributed by atoms with van der Waals surface area (Å²) in [5.41, 5.74) is 0.857. The third kappa shape index (κ3) is 2.67. The third-order valence-electron chi connectivity index (χ3n) is 4.82. The average Bonchev–Trinajstić information content (AvgIpc) is 3.03. The van der Waals surface area contributed by atoms with Gasteiger partial charge in [-0.15, -0.1) is 0 Å². The first-order chi connectivity index (χ1) is 11.2. The Morgan fingerprint density at radius 2 is 1.78 bits per heavy atom. The third-order valence-corrected chi connectivity index (χ3v) is 4.82. The number of nitrogens with zero attached hydrogens (tertiary/aromatic N) is 3. The van der Waals surface area contributed by atoms with Gasteiger partial charge in [0.05, 0.1) is 31.0 Å². The Morgan fingerprint density at radius 3 is 2.48 bits per heavy atom. The maximum atomic E-state index is 12.6. The molecule has 23 heavy (non-hydrogen) atoms. The summed E-state index contributed by atoms with van der Waals surface area (Å²) in [6.07, 6.45) is 1.68. The molecule has 1 aromatic carbocycles. The minimum Gasteiger partial charge on any atom is -0.347 e. The minimum atomic E-state index is -0.381. The van der Waals surface area contributed by atoms with Crippen molar-refractivity contribution in [3.63, 3.8) is 0 Å². The molecule has 2 aliphatic rings. The molecule has 6 heteroatoms. The molecule has 0 aliphatic carbocycles. The quantitative estimate of drug-likeness (QED) is 0.840. The Labute approximate surface area is 134 Å². The van der Waals surface area contributed by atoms with E-state index in [0.717, 1.165) is 42.4 Å². The van der Waals surface area contributed by atoms with Crippen molar-refractivity contribution in [1.82, 2.24) is 14.7 Å². The number of fused-ring (bicyclic) bond motifs is 1. The van der Waals surface area contributed by atoms with Crippen molar-refractivity contribution in [3.05, 3.63) is 40.3 Å². The lowest BCUT2D eigenvalue weighted by Crippen LogP contribution is -2.46. The van der Waals surface area contributed by atoms with Crippen LogP contribution in [0.4, 0.5) is 0 Å². The van der Waals surface area contributed by atoms with Crippen LogP contribution in [-0.2, 0) is 16.1 Å². The smallest absolute Gasteiger partial charge is 0.275 e. The zero-order valence-corrected chi connectivity index (χ0v) is 13.3. The van der Waals surface area contributed by atoms with Crippen molar-refractivity contribution in [1.29, 1.82) is 0 Å².